The standard InChI is InChI=1S/C13H22O4/c1-6-9(10(11(14)15)12(16)17)13(5,7-2)8(3)4/h8H,6-7H2,1-5H3,(H,14,15)(H,16,17). The molecule has 0 aliphatic heterocycles. The van der Waals surface area contributed by atoms with Crippen LogP contribution < -0.4 is 0 Å². The van der Waals surface area contributed by atoms with Gasteiger partial charge in [-0.15, -0.1) is 0 Å². The molecule has 0 amide bonds. The predicted octanol–water partition coefficient (Wildman–Crippen LogP) is 2.93. The molecule has 98 valence electrons. The highest BCUT2D eigenvalue weighted by molar-refractivity contribution is 6.13. The third-order valence-corrected chi connectivity index (χ3v) is 3.78. The fraction of sp³-hybridized carbons (Fsp3) is 0.692. The minimum Gasteiger partial charge on any atom is -0.477 e. The minimum atomic E-state index is -1.35. The van der Waals surface area contributed by atoms with E-state index in [1.54, 1.807) is 6.92 Å². The largest absolute Gasteiger partial charge is 0.477 e. The lowest BCUT2D eigenvalue weighted by Crippen LogP contribution is -2.29. The third-order valence-electron chi connectivity index (χ3n) is 3.78. The van der Waals surface area contributed by atoms with Crippen molar-refractivity contribution in [1.29, 1.82) is 0 Å². The Morgan fingerprint density at radius 2 is 1.53 bits per heavy atom. The number of carboxylic acids is 2. The maximum atomic E-state index is 11.1. The van der Waals surface area contributed by atoms with E-state index in [1.807, 2.05) is 27.7 Å². The summed E-state index contributed by atoms with van der Waals surface area (Å²) in [6.45, 7) is 9.66. The molecule has 0 fully saturated rings. The van der Waals surface area contributed by atoms with Crippen LogP contribution in [0.15, 0.2) is 11.1 Å². The van der Waals surface area contributed by atoms with Crippen molar-refractivity contribution in [2.24, 2.45) is 11.3 Å². The SMILES string of the molecule is CCC(=C(C(=O)O)C(=O)O)C(C)(CC)C(C)C. The Morgan fingerprint density at radius 3 is 1.71 bits per heavy atom. The first kappa shape index (κ1) is 15.7. The first-order valence-electron chi connectivity index (χ1n) is 5.92. The van der Waals surface area contributed by atoms with E-state index in [0.717, 1.165) is 6.42 Å². The second kappa shape index (κ2) is 5.84. The van der Waals surface area contributed by atoms with Crippen LogP contribution in [0.2, 0.25) is 0 Å². The Morgan fingerprint density at radius 1 is 1.12 bits per heavy atom. The van der Waals surface area contributed by atoms with Gasteiger partial charge in [-0.25, -0.2) is 9.59 Å². The van der Waals surface area contributed by atoms with Crippen LogP contribution in [0.3, 0.4) is 0 Å². The number of hydrogen-bond acceptors (Lipinski definition) is 2. The summed E-state index contributed by atoms with van der Waals surface area (Å²) in [7, 11) is 0. The molecule has 4 nitrogen and oxygen atoms in total. The van der Waals surface area contributed by atoms with Crippen LogP contribution in [-0.2, 0) is 9.59 Å². The molecule has 0 spiro atoms. The fourth-order valence-corrected chi connectivity index (χ4v) is 2.19. The molecule has 0 aromatic rings. The van der Waals surface area contributed by atoms with Gasteiger partial charge in [0.2, 0.25) is 0 Å². The normalized spacial score (nSPS) is 14.2. The third kappa shape index (κ3) is 3.08. The lowest BCUT2D eigenvalue weighted by molar-refractivity contribution is -0.140. The zero-order chi connectivity index (χ0) is 13.8. The average Bonchev–Trinajstić information content (AvgIpc) is 2.22. The van der Waals surface area contributed by atoms with E-state index < -0.39 is 17.5 Å². The van der Waals surface area contributed by atoms with Crippen LogP contribution >= 0.6 is 0 Å². The average molecular weight is 242 g/mol. The van der Waals surface area contributed by atoms with Gasteiger partial charge in [0.05, 0.1) is 0 Å². The first-order valence-corrected chi connectivity index (χ1v) is 5.92. The summed E-state index contributed by atoms with van der Waals surface area (Å²) in [6.07, 6.45) is 1.16. The zero-order valence-electron chi connectivity index (χ0n) is 11.2. The second-order valence-electron chi connectivity index (χ2n) is 4.74. The Labute approximate surface area is 102 Å². The molecular weight excluding hydrogens is 220 g/mol. The molecule has 1 unspecified atom stereocenters. The smallest absolute Gasteiger partial charge is 0.343 e. The molecule has 0 saturated heterocycles. The molecule has 1 atom stereocenters. The summed E-state index contributed by atoms with van der Waals surface area (Å²) in [5, 5.41) is 18.1. The number of rotatable bonds is 6. The number of allylic oxidation sites excluding steroid dienone is 1. The van der Waals surface area contributed by atoms with Gasteiger partial charge < -0.3 is 10.2 Å². The number of carboxylic acid groups (broad SMARTS) is 2. The van der Waals surface area contributed by atoms with E-state index in [1.165, 1.54) is 0 Å². The van der Waals surface area contributed by atoms with Crippen LogP contribution in [0, 0.1) is 11.3 Å². The van der Waals surface area contributed by atoms with Crippen LogP contribution in [0.4, 0.5) is 0 Å². The summed E-state index contributed by atoms with van der Waals surface area (Å²) in [4.78, 5) is 22.2. The van der Waals surface area contributed by atoms with E-state index in [2.05, 4.69) is 0 Å². The van der Waals surface area contributed by atoms with Crippen LogP contribution in [0.5, 0.6) is 0 Å². The van der Waals surface area contributed by atoms with E-state index in [9.17, 15) is 9.59 Å². The summed E-state index contributed by atoms with van der Waals surface area (Å²) >= 11 is 0. The molecule has 0 aromatic carbocycles. The molecular formula is C13H22O4. The molecule has 0 rings (SSSR count). The predicted molar refractivity (Wildman–Crippen MR) is 65.8 cm³/mol. The second-order valence-corrected chi connectivity index (χ2v) is 4.74. The number of aliphatic carboxylic acids is 2. The van der Waals surface area contributed by atoms with Gasteiger partial charge in [0.25, 0.3) is 0 Å². The molecule has 0 aliphatic carbocycles. The highest BCUT2D eigenvalue weighted by atomic mass is 16.4. The van der Waals surface area contributed by atoms with Gasteiger partial charge in [0, 0.05) is 0 Å². The molecule has 17 heavy (non-hydrogen) atoms. The van der Waals surface area contributed by atoms with E-state index >= 15 is 0 Å². The lowest BCUT2D eigenvalue weighted by Gasteiger charge is -2.36. The Hall–Kier alpha value is -1.32. The van der Waals surface area contributed by atoms with Gasteiger partial charge in [0.1, 0.15) is 5.57 Å². The van der Waals surface area contributed by atoms with E-state index in [-0.39, 0.29) is 11.3 Å². The molecule has 2 N–H and O–H groups in total. The summed E-state index contributed by atoms with van der Waals surface area (Å²) < 4.78 is 0. The quantitative estimate of drug-likeness (QED) is 0.426. The topological polar surface area (TPSA) is 74.6 Å². The van der Waals surface area contributed by atoms with E-state index in [0.29, 0.717) is 12.0 Å². The van der Waals surface area contributed by atoms with Crippen molar-refractivity contribution in [3.8, 4) is 0 Å². The van der Waals surface area contributed by atoms with Crippen molar-refractivity contribution in [3.05, 3.63) is 11.1 Å². The van der Waals surface area contributed by atoms with Crippen LogP contribution in [0.1, 0.15) is 47.5 Å². The van der Waals surface area contributed by atoms with Gasteiger partial charge >= 0.3 is 11.9 Å². The van der Waals surface area contributed by atoms with Crippen LogP contribution in [0.25, 0.3) is 0 Å². The van der Waals surface area contributed by atoms with Crippen LogP contribution in [-0.4, -0.2) is 22.2 Å². The van der Waals surface area contributed by atoms with E-state index in [4.69, 9.17) is 10.2 Å². The van der Waals surface area contributed by atoms with Gasteiger partial charge in [0.15, 0.2) is 0 Å². The molecule has 4 heteroatoms. The zero-order valence-corrected chi connectivity index (χ0v) is 11.2. The Bertz CT molecular complexity index is 325. The van der Waals surface area contributed by atoms with Crippen molar-refractivity contribution in [2.45, 2.75) is 47.5 Å². The molecule has 0 heterocycles. The Kier molecular flexibility index (Phi) is 5.39. The lowest BCUT2D eigenvalue weighted by atomic mass is 9.68. The highest BCUT2D eigenvalue weighted by Gasteiger charge is 2.35. The first-order chi connectivity index (χ1) is 7.72. The van der Waals surface area contributed by atoms with Crippen molar-refractivity contribution in [3.63, 3.8) is 0 Å². The molecule has 0 saturated carbocycles. The molecule has 0 radical (unpaired) electrons. The Balaban J connectivity index is 5.95. The van der Waals surface area contributed by atoms with Crippen molar-refractivity contribution in [2.75, 3.05) is 0 Å². The number of hydrogen-bond donors (Lipinski definition) is 2. The van der Waals surface area contributed by atoms with Crippen molar-refractivity contribution < 1.29 is 19.8 Å². The maximum Gasteiger partial charge on any atom is 0.343 e. The maximum absolute atomic E-state index is 11.1. The summed E-state index contributed by atoms with van der Waals surface area (Å²) in [5.41, 5.74) is -0.332. The molecule has 0 aliphatic rings. The summed E-state index contributed by atoms with van der Waals surface area (Å²) in [6, 6.07) is 0. The monoisotopic (exact) mass is 242 g/mol. The number of carbonyl (C=O) groups is 2. The van der Waals surface area contributed by atoms with Crippen molar-refractivity contribution >= 4 is 11.9 Å². The summed E-state index contributed by atoms with van der Waals surface area (Å²) in [5.74, 6) is -2.51. The minimum absolute atomic E-state index is 0.191. The fourth-order valence-electron chi connectivity index (χ4n) is 2.19. The van der Waals surface area contributed by atoms with Gasteiger partial charge in [-0.2, -0.15) is 0 Å². The highest BCUT2D eigenvalue weighted by Crippen LogP contribution is 2.41. The van der Waals surface area contributed by atoms with Gasteiger partial charge in [-0.1, -0.05) is 34.6 Å². The molecule has 0 bridgehead atoms. The van der Waals surface area contributed by atoms with Crippen molar-refractivity contribution in [1.82, 2.24) is 0 Å². The van der Waals surface area contributed by atoms with Gasteiger partial charge in [-0.3, -0.25) is 0 Å². The molecule has 0 aromatic heterocycles. The van der Waals surface area contributed by atoms with Gasteiger partial charge in [-0.05, 0) is 29.7 Å².